The number of amides is 1. The Hall–Kier alpha value is -1.11. The van der Waals surface area contributed by atoms with Crippen molar-refractivity contribution in [1.82, 2.24) is 4.90 Å². The number of hydrogen-bond donors (Lipinski definition) is 1. The van der Waals surface area contributed by atoms with Crippen LogP contribution in [0.1, 0.15) is 39.5 Å². The fourth-order valence-corrected chi connectivity index (χ4v) is 3.78. The van der Waals surface area contributed by atoms with Crippen molar-refractivity contribution in [3.8, 4) is 0 Å². The summed E-state index contributed by atoms with van der Waals surface area (Å²) in [7, 11) is -3.17. The Labute approximate surface area is 120 Å². The van der Waals surface area contributed by atoms with Gasteiger partial charge in [0.2, 0.25) is 5.91 Å². The average Bonchev–Trinajstić information content (AvgIpc) is 2.21. The van der Waals surface area contributed by atoms with Gasteiger partial charge < -0.3 is 10.0 Å². The highest BCUT2D eigenvalue weighted by atomic mass is 32.2. The standard InChI is InChI=1S/C13H23NO5S/c1-4-14(10(2)9-20(3,18)19)11(15)8-13(12(16)17)6-5-7-13/h10H,4-9H2,1-3H3,(H,16,17). The highest BCUT2D eigenvalue weighted by molar-refractivity contribution is 7.90. The highest BCUT2D eigenvalue weighted by Gasteiger charge is 2.46. The lowest BCUT2D eigenvalue weighted by molar-refractivity contribution is -0.159. The summed E-state index contributed by atoms with van der Waals surface area (Å²) in [5.41, 5.74) is -0.935. The summed E-state index contributed by atoms with van der Waals surface area (Å²) in [6, 6.07) is -0.437. The van der Waals surface area contributed by atoms with E-state index in [1.165, 1.54) is 4.90 Å². The number of carbonyl (C=O) groups excluding carboxylic acids is 1. The molecule has 0 aromatic rings. The first-order valence-electron chi connectivity index (χ1n) is 6.82. The van der Waals surface area contributed by atoms with Gasteiger partial charge in [0, 0.05) is 25.3 Å². The molecule has 1 N–H and O–H groups in total. The number of carboxylic acid groups (broad SMARTS) is 1. The number of aliphatic carboxylic acids is 1. The molecule has 7 heteroatoms. The lowest BCUT2D eigenvalue weighted by Crippen LogP contribution is -2.47. The first kappa shape index (κ1) is 16.9. The molecule has 116 valence electrons. The first-order chi connectivity index (χ1) is 9.11. The van der Waals surface area contributed by atoms with Gasteiger partial charge >= 0.3 is 5.97 Å². The van der Waals surface area contributed by atoms with Gasteiger partial charge in [-0.2, -0.15) is 0 Å². The molecule has 0 aromatic carbocycles. The topological polar surface area (TPSA) is 91.8 Å². The maximum Gasteiger partial charge on any atom is 0.310 e. The number of rotatable bonds is 7. The van der Waals surface area contributed by atoms with Crippen molar-refractivity contribution in [2.24, 2.45) is 5.41 Å². The van der Waals surface area contributed by atoms with E-state index >= 15 is 0 Å². The Morgan fingerprint density at radius 2 is 1.90 bits per heavy atom. The third-order valence-electron chi connectivity index (χ3n) is 3.99. The summed E-state index contributed by atoms with van der Waals surface area (Å²) < 4.78 is 22.6. The van der Waals surface area contributed by atoms with E-state index < -0.39 is 27.3 Å². The number of sulfone groups is 1. The van der Waals surface area contributed by atoms with Crippen LogP contribution in [0.5, 0.6) is 0 Å². The Morgan fingerprint density at radius 1 is 1.35 bits per heavy atom. The minimum Gasteiger partial charge on any atom is -0.481 e. The number of carboxylic acids is 1. The second kappa shape index (κ2) is 6.11. The van der Waals surface area contributed by atoms with Crippen LogP contribution in [0.3, 0.4) is 0 Å². The monoisotopic (exact) mass is 305 g/mol. The van der Waals surface area contributed by atoms with E-state index in [0.717, 1.165) is 12.7 Å². The zero-order chi connectivity index (χ0) is 15.6. The number of nitrogens with zero attached hydrogens (tertiary/aromatic N) is 1. The third-order valence-corrected chi connectivity index (χ3v) is 5.08. The van der Waals surface area contributed by atoms with Crippen LogP contribution in [0, 0.1) is 5.41 Å². The molecule has 1 amide bonds. The normalized spacial score (nSPS) is 18.9. The van der Waals surface area contributed by atoms with Gasteiger partial charge in [-0.15, -0.1) is 0 Å². The molecule has 20 heavy (non-hydrogen) atoms. The minimum absolute atomic E-state index is 0.0374. The molecule has 1 unspecified atom stereocenters. The molecule has 1 saturated carbocycles. The van der Waals surface area contributed by atoms with Gasteiger partial charge in [-0.3, -0.25) is 9.59 Å². The van der Waals surface area contributed by atoms with Gasteiger partial charge in [-0.1, -0.05) is 6.42 Å². The van der Waals surface area contributed by atoms with E-state index in [1.54, 1.807) is 13.8 Å². The molecule has 1 fully saturated rings. The Bertz CT molecular complexity index is 481. The molecular formula is C13H23NO5S. The molecule has 1 aliphatic rings. The Kier molecular flexibility index (Phi) is 5.18. The number of carbonyl (C=O) groups is 2. The predicted molar refractivity (Wildman–Crippen MR) is 75.1 cm³/mol. The lowest BCUT2D eigenvalue weighted by atomic mass is 9.66. The van der Waals surface area contributed by atoms with Crippen LogP contribution < -0.4 is 0 Å². The molecule has 0 bridgehead atoms. The van der Waals surface area contributed by atoms with E-state index in [2.05, 4.69) is 0 Å². The fraction of sp³-hybridized carbons (Fsp3) is 0.846. The zero-order valence-corrected chi connectivity index (χ0v) is 13.1. The maximum atomic E-state index is 12.3. The molecular weight excluding hydrogens is 282 g/mol. The summed E-state index contributed by atoms with van der Waals surface area (Å²) in [5, 5.41) is 9.25. The van der Waals surface area contributed by atoms with E-state index in [-0.39, 0.29) is 18.1 Å². The molecule has 1 rings (SSSR count). The molecule has 6 nitrogen and oxygen atoms in total. The maximum absolute atomic E-state index is 12.3. The van der Waals surface area contributed by atoms with Gasteiger partial charge in [0.05, 0.1) is 11.2 Å². The Balaban J connectivity index is 2.75. The van der Waals surface area contributed by atoms with Gasteiger partial charge in [0.1, 0.15) is 9.84 Å². The number of hydrogen-bond acceptors (Lipinski definition) is 4. The van der Waals surface area contributed by atoms with Crippen molar-refractivity contribution in [1.29, 1.82) is 0 Å². The van der Waals surface area contributed by atoms with Crippen molar-refractivity contribution < 1.29 is 23.1 Å². The third kappa shape index (κ3) is 3.94. The summed E-state index contributed by atoms with van der Waals surface area (Å²) in [5.74, 6) is -1.30. The van der Waals surface area contributed by atoms with Crippen LogP contribution >= 0.6 is 0 Å². The van der Waals surface area contributed by atoms with E-state index in [4.69, 9.17) is 0 Å². The van der Waals surface area contributed by atoms with Crippen LogP contribution in [-0.4, -0.2) is 54.9 Å². The highest BCUT2D eigenvalue weighted by Crippen LogP contribution is 2.44. The van der Waals surface area contributed by atoms with Gasteiger partial charge in [-0.05, 0) is 26.7 Å². The molecule has 0 heterocycles. The summed E-state index contributed by atoms with van der Waals surface area (Å²) >= 11 is 0. The summed E-state index contributed by atoms with van der Waals surface area (Å²) in [6.07, 6.45) is 2.96. The van der Waals surface area contributed by atoms with Crippen molar-refractivity contribution in [2.45, 2.75) is 45.6 Å². The SMILES string of the molecule is CCN(C(=O)CC1(C(=O)O)CCC1)C(C)CS(C)(=O)=O. The molecule has 1 aliphatic carbocycles. The van der Waals surface area contributed by atoms with Crippen molar-refractivity contribution in [3.05, 3.63) is 0 Å². The first-order valence-corrected chi connectivity index (χ1v) is 8.88. The Morgan fingerprint density at radius 3 is 2.20 bits per heavy atom. The predicted octanol–water partition coefficient (Wildman–Crippen LogP) is 0.913. The van der Waals surface area contributed by atoms with Gasteiger partial charge in [0.25, 0.3) is 0 Å². The van der Waals surface area contributed by atoms with Crippen LogP contribution in [-0.2, 0) is 19.4 Å². The van der Waals surface area contributed by atoms with E-state index in [0.29, 0.717) is 19.4 Å². The molecule has 0 aliphatic heterocycles. The summed E-state index contributed by atoms with van der Waals surface area (Å²) in [4.78, 5) is 25.0. The minimum atomic E-state index is -3.17. The van der Waals surface area contributed by atoms with Crippen LogP contribution in [0.4, 0.5) is 0 Å². The molecule has 1 atom stereocenters. The molecule has 0 aromatic heterocycles. The van der Waals surface area contributed by atoms with Gasteiger partial charge in [0.15, 0.2) is 0 Å². The zero-order valence-electron chi connectivity index (χ0n) is 12.3. The summed E-state index contributed by atoms with van der Waals surface area (Å²) in [6.45, 7) is 3.83. The molecule has 0 saturated heterocycles. The smallest absolute Gasteiger partial charge is 0.310 e. The molecule has 0 spiro atoms. The van der Waals surface area contributed by atoms with E-state index in [9.17, 15) is 23.1 Å². The molecule has 0 radical (unpaired) electrons. The quantitative estimate of drug-likeness (QED) is 0.755. The van der Waals surface area contributed by atoms with Crippen molar-refractivity contribution in [3.63, 3.8) is 0 Å². The van der Waals surface area contributed by atoms with Crippen molar-refractivity contribution in [2.75, 3.05) is 18.6 Å². The van der Waals surface area contributed by atoms with Crippen LogP contribution in [0.15, 0.2) is 0 Å². The van der Waals surface area contributed by atoms with Crippen LogP contribution in [0.25, 0.3) is 0 Å². The van der Waals surface area contributed by atoms with Gasteiger partial charge in [-0.25, -0.2) is 8.42 Å². The fourth-order valence-electron chi connectivity index (χ4n) is 2.72. The van der Waals surface area contributed by atoms with Crippen molar-refractivity contribution >= 4 is 21.7 Å². The second-order valence-electron chi connectivity index (χ2n) is 5.74. The second-order valence-corrected chi connectivity index (χ2v) is 7.92. The lowest BCUT2D eigenvalue weighted by Gasteiger charge is -2.39. The van der Waals surface area contributed by atoms with Crippen LogP contribution in [0.2, 0.25) is 0 Å². The average molecular weight is 305 g/mol. The largest absolute Gasteiger partial charge is 0.481 e. The van der Waals surface area contributed by atoms with E-state index in [1.807, 2.05) is 0 Å².